The van der Waals surface area contributed by atoms with Crippen LogP contribution in [0.1, 0.15) is 22.6 Å². The van der Waals surface area contributed by atoms with Crippen LogP contribution in [0.15, 0.2) is 53.1 Å². The highest BCUT2D eigenvalue weighted by Crippen LogP contribution is 2.32. The zero-order chi connectivity index (χ0) is 22.2. The molecule has 6 nitrogen and oxygen atoms in total. The second kappa shape index (κ2) is 7.82. The van der Waals surface area contributed by atoms with Gasteiger partial charge in [0.25, 0.3) is 0 Å². The number of H-pyrrole nitrogens is 1. The van der Waals surface area contributed by atoms with Crippen molar-refractivity contribution in [2.45, 2.75) is 26.1 Å². The number of ether oxygens (including phenoxy) is 1. The van der Waals surface area contributed by atoms with E-state index in [1.54, 1.807) is 25.3 Å². The van der Waals surface area contributed by atoms with Gasteiger partial charge in [0.15, 0.2) is 5.76 Å². The number of carbonyl (C=O) groups is 1. The van der Waals surface area contributed by atoms with Gasteiger partial charge in [0.2, 0.25) is 5.89 Å². The number of nitrogens with zero attached hydrogens (tertiary/aromatic N) is 1. The summed E-state index contributed by atoms with van der Waals surface area (Å²) < 4.78 is 49.8. The Hall–Kier alpha value is -3.75. The second-order valence-electron chi connectivity index (χ2n) is 7.00. The number of aromatic nitrogens is 2. The van der Waals surface area contributed by atoms with Gasteiger partial charge in [0.1, 0.15) is 12.4 Å². The van der Waals surface area contributed by atoms with Crippen molar-refractivity contribution in [3.63, 3.8) is 0 Å². The maximum Gasteiger partial charge on any atom is 0.416 e. The lowest BCUT2D eigenvalue weighted by Gasteiger charge is -2.08. The molecule has 31 heavy (non-hydrogen) atoms. The number of halogens is 3. The Morgan fingerprint density at radius 1 is 1.19 bits per heavy atom. The topological polar surface area (TPSA) is 88.3 Å². The molecule has 0 saturated heterocycles. The molecule has 0 aliphatic heterocycles. The molecule has 9 heteroatoms. The number of rotatable bonds is 6. The quantitative estimate of drug-likeness (QED) is 0.430. The fraction of sp³-hybridized carbons (Fsp3) is 0.182. The highest BCUT2D eigenvalue weighted by Gasteiger charge is 2.30. The third-order valence-electron chi connectivity index (χ3n) is 4.75. The average molecular weight is 430 g/mol. The highest BCUT2D eigenvalue weighted by molar-refractivity contribution is 5.87. The number of carboxylic acid groups (broad SMARTS) is 1. The normalized spacial score (nSPS) is 11.7. The number of aliphatic carboxylic acids is 1. The summed E-state index contributed by atoms with van der Waals surface area (Å²) in [6.45, 7) is 1.73. The number of benzene rings is 2. The van der Waals surface area contributed by atoms with Gasteiger partial charge < -0.3 is 19.2 Å². The first kappa shape index (κ1) is 20.5. The summed E-state index contributed by atoms with van der Waals surface area (Å²) in [7, 11) is 0. The second-order valence-corrected chi connectivity index (χ2v) is 7.00. The van der Waals surface area contributed by atoms with E-state index in [-0.39, 0.29) is 18.9 Å². The number of oxazole rings is 1. The van der Waals surface area contributed by atoms with Crippen molar-refractivity contribution in [3.05, 3.63) is 71.2 Å². The minimum atomic E-state index is -4.41. The van der Waals surface area contributed by atoms with Crippen molar-refractivity contribution in [1.82, 2.24) is 9.97 Å². The summed E-state index contributed by atoms with van der Waals surface area (Å²) >= 11 is 0. The number of hydrogen-bond acceptors (Lipinski definition) is 4. The van der Waals surface area contributed by atoms with E-state index in [1.165, 1.54) is 12.1 Å². The predicted octanol–water partition coefficient (Wildman–Crippen LogP) is 5.36. The standard InChI is InChI=1S/C22H17F3N2O4/c1-12-18(31-21(27-12)14-2-4-16(5-3-14)22(23,24)25)11-30-17-9-13(10-19(28)29)8-15-6-7-26-20(15)17/h2-9,26H,10-11H2,1H3,(H,28,29). The van der Waals surface area contributed by atoms with Crippen molar-refractivity contribution >= 4 is 16.9 Å². The van der Waals surface area contributed by atoms with Gasteiger partial charge in [-0.2, -0.15) is 13.2 Å². The Morgan fingerprint density at radius 2 is 1.94 bits per heavy atom. The smallest absolute Gasteiger partial charge is 0.416 e. The summed E-state index contributed by atoms with van der Waals surface area (Å²) in [5.41, 5.74) is 1.51. The molecule has 4 rings (SSSR count). The summed E-state index contributed by atoms with van der Waals surface area (Å²) in [5.74, 6) is 0.117. The first-order valence-electron chi connectivity index (χ1n) is 9.29. The fourth-order valence-electron chi connectivity index (χ4n) is 3.22. The molecule has 2 N–H and O–H groups in total. The first-order valence-corrected chi connectivity index (χ1v) is 9.29. The molecule has 0 saturated carbocycles. The van der Waals surface area contributed by atoms with E-state index < -0.39 is 17.7 Å². The van der Waals surface area contributed by atoms with Gasteiger partial charge >= 0.3 is 12.1 Å². The number of aryl methyl sites for hydroxylation is 1. The molecule has 0 aliphatic rings. The Morgan fingerprint density at radius 3 is 2.61 bits per heavy atom. The molecule has 0 amide bonds. The van der Waals surface area contributed by atoms with Crippen LogP contribution >= 0.6 is 0 Å². The number of carboxylic acids is 1. The SMILES string of the molecule is Cc1nc(-c2ccc(C(F)(F)F)cc2)oc1COc1cc(CC(=O)O)cc2cc[nH]c12. The molecule has 160 valence electrons. The van der Waals surface area contributed by atoms with Crippen LogP contribution in [0.5, 0.6) is 5.75 Å². The van der Waals surface area contributed by atoms with Crippen molar-refractivity contribution in [1.29, 1.82) is 0 Å². The van der Waals surface area contributed by atoms with E-state index in [9.17, 15) is 18.0 Å². The molecule has 0 bridgehead atoms. The zero-order valence-electron chi connectivity index (χ0n) is 16.3. The van der Waals surface area contributed by atoms with Crippen molar-refractivity contribution in [2.75, 3.05) is 0 Å². The van der Waals surface area contributed by atoms with E-state index in [1.807, 2.05) is 6.07 Å². The number of alkyl halides is 3. The lowest BCUT2D eigenvalue weighted by Crippen LogP contribution is -2.03. The molecule has 0 fully saturated rings. The van der Waals surface area contributed by atoms with Crippen LogP contribution in [0, 0.1) is 6.92 Å². The Labute approximate surface area is 174 Å². The summed E-state index contributed by atoms with van der Waals surface area (Å²) in [4.78, 5) is 18.4. The molecule has 0 unspecified atom stereocenters. The van der Waals surface area contributed by atoms with E-state index in [4.69, 9.17) is 14.3 Å². The molecular formula is C22H17F3N2O4. The van der Waals surface area contributed by atoms with Gasteiger partial charge in [-0.3, -0.25) is 4.79 Å². The predicted molar refractivity (Wildman–Crippen MR) is 106 cm³/mol. The van der Waals surface area contributed by atoms with E-state index >= 15 is 0 Å². The molecule has 2 heterocycles. The third-order valence-corrected chi connectivity index (χ3v) is 4.75. The molecular weight excluding hydrogens is 413 g/mol. The zero-order valence-corrected chi connectivity index (χ0v) is 16.3. The summed E-state index contributed by atoms with van der Waals surface area (Å²) in [6.07, 6.45) is -2.83. The van der Waals surface area contributed by atoms with Gasteiger partial charge in [-0.25, -0.2) is 4.98 Å². The van der Waals surface area contributed by atoms with Crippen LogP contribution in [-0.2, 0) is 24.0 Å². The number of nitrogens with one attached hydrogen (secondary N) is 1. The van der Waals surface area contributed by atoms with Gasteiger partial charge in [-0.15, -0.1) is 0 Å². The molecule has 0 atom stereocenters. The number of fused-ring (bicyclic) bond motifs is 1. The summed E-state index contributed by atoms with van der Waals surface area (Å²) in [5, 5.41) is 9.88. The van der Waals surface area contributed by atoms with Gasteiger partial charge in [-0.05, 0) is 55.0 Å². The maximum atomic E-state index is 12.7. The molecule has 0 aliphatic carbocycles. The van der Waals surface area contributed by atoms with Gasteiger partial charge in [0.05, 0.1) is 23.2 Å². The first-order chi connectivity index (χ1) is 14.7. The van der Waals surface area contributed by atoms with Crippen LogP contribution in [0.2, 0.25) is 0 Å². The van der Waals surface area contributed by atoms with Crippen LogP contribution in [0.25, 0.3) is 22.4 Å². The van der Waals surface area contributed by atoms with E-state index in [0.29, 0.717) is 33.8 Å². The molecule has 0 spiro atoms. The summed E-state index contributed by atoms with van der Waals surface area (Å²) in [6, 6.07) is 9.79. The monoisotopic (exact) mass is 430 g/mol. The maximum absolute atomic E-state index is 12.7. The van der Waals surface area contributed by atoms with Crippen molar-refractivity contribution in [2.24, 2.45) is 0 Å². The molecule has 0 radical (unpaired) electrons. The van der Waals surface area contributed by atoms with Crippen LogP contribution < -0.4 is 4.74 Å². The largest absolute Gasteiger partial charge is 0.483 e. The number of hydrogen-bond donors (Lipinski definition) is 2. The lowest BCUT2D eigenvalue weighted by atomic mass is 10.1. The van der Waals surface area contributed by atoms with Crippen LogP contribution in [-0.4, -0.2) is 21.0 Å². The third kappa shape index (κ3) is 4.40. The van der Waals surface area contributed by atoms with Gasteiger partial charge in [0, 0.05) is 17.1 Å². The lowest BCUT2D eigenvalue weighted by molar-refractivity contribution is -0.138. The van der Waals surface area contributed by atoms with Crippen molar-refractivity contribution < 1.29 is 32.2 Å². The average Bonchev–Trinajstić information content (AvgIpc) is 3.31. The minimum absolute atomic E-state index is 0.0180. The van der Waals surface area contributed by atoms with E-state index in [0.717, 1.165) is 17.5 Å². The Kier molecular flexibility index (Phi) is 5.18. The fourth-order valence-corrected chi connectivity index (χ4v) is 3.22. The molecule has 4 aromatic rings. The van der Waals surface area contributed by atoms with Crippen molar-refractivity contribution in [3.8, 4) is 17.2 Å². The van der Waals surface area contributed by atoms with Crippen LogP contribution in [0.4, 0.5) is 13.2 Å². The highest BCUT2D eigenvalue weighted by atomic mass is 19.4. The Balaban J connectivity index is 1.56. The van der Waals surface area contributed by atoms with E-state index in [2.05, 4.69) is 9.97 Å². The van der Waals surface area contributed by atoms with Gasteiger partial charge in [-0.1, -0.05) is 0 Å². The molecule has 2 aromatic heterocycles. The minimum Gasteiger partial charge on any atom is -0.483 e. The number of aromatic amines is 1. The Bertz CT molecular complexity index is 1240. The molecule has 2 aromatic carbocycles. The van der Waals surface area contributed by atoms with Crippen LogP contribution in [0.3, 0.4) is 0 Å².